The molecule has 27 heavy (non-hydrogen) atoms. The van der Waals surface area contributed by atoms with Crippen LogP contribution < -0.4 is 0 Å². The van der Waals surface area contributed by atoms with Crippen molar-refractivity contribution in [3.05, 3.63) is 35.9 Å². The molecule has 0 saturated heterocycles. The maximum absolute atomic E-state index is 12.4. The van der Waals surface area contributed by atoms with Gasteiger partial charge < -0.3 is 9.47 Å². The van der Waals surface area contributed by atoms with E-state index in [1.54, 1.807) is 0 Å². The Morgan fingerprint density at radius 2 is 1.67 bits per heavy atom. The van der Waals surface area contributed by atoms with Gasteiger partial charge in [-0.15, -0.1) is 0 Å². The Morgan fingerprint density at radius 1 is 0.963 bits per heavy atom. The van der Waals surface area contributed by atoms with Crippen LogP contribution in [-0.2, 0) is 25.7 Å². The molecule has 0 spiro atoms. The van der Waals surface area contributed by atoms with Gasteiger partial charge in [0.15, 0.2) is 0 Å². The monoisotopic (exact) mass is 376 g/mol. The lowest BCUT2D eigenvalue weighted by atomic mass is 9.93. The Bertz CT molecular complexity index is 541. The molecule has 4 heteroatoms. The number of hydrogen-bond donors (Lipinski definition) is 0. The first-order valence-corrected chi connectivity index (χ1v) is 10.4. The fraction of sp³-hybridized carbons (Fsp3) is 0.652. The molecule has 0 N–H and O–H groups in total. The molecule has 0 fully saturated rings. The van der Waals surface area contributed by atoms with E-state index in [2.05, 4.69) is 13.8 Å². The molecule has 0 aliphatic heterocycles. The van der Waals surface area contributed by atoms with Crippen LogP contribution in [0.1, 0.15) is 71.8 Å². The lowest BCUT2D eigenvalue weighted by Gasteiger charge is -2.20. The van der Waals surface area contributed by atoms with Gasteiger partial charge in [0.05, 0.1) is 18.4 Å². The number of carbonyl (C=O) groups is 2. The van der Waals surface area contributed by atoms with Gasteiger partial charge in [-0.2, -0.15) is 0 Å². The predicted molar refractivity (Wildman–Crippen MR) is 108 cm³/mol. The molecule has 0 radical (unpaired) electrons. The number of rotatable bonds is 13. The minimum Gasteiger partial charge on any atom is -0.465 e. The summed E-state index contributed by atoms with van der Waals surface area (Å²) in [6.45, 7) is 8.84. The lowest BCUT2D eigenvalue weighted by Crippen LogP contribution is -2.25. The summed E-state index contributed by atoms with van der Waals surface area (Å²) in [6, 6.07) is 9.62. The number of unbranched alkanes of at least 4 members (excludes halogenated alkanes) is 1. The van der Waals surface area contributed by atoms with Crippen molar-refractivity contribution in [1.29, 1.82) is 0 Å². The van der Waals surface area contributed by atoms with Gasteiger partial charge >= 0.3 is 11.9 Å². The van der Waals surface area contributed by atoms with Crippen LogP contribution in [0.3, 0.4) is 0 Å². The van der Waals surface area contributed by atoms with Crippen molar-refractivity contribution in [2.24, 2.45) is 17.8 Å². The van der Waals surface area contributed by atoms with Crippen molar-refractivity contribution in [3.8, 4) is 0 Å². The van der Waals surface area contributed by atoms with E-state index in [1.807, 2.05) is 44.2 Å². The molecule has 1 aromatic rings. The number of esters is 2. The summed E-state index contributed by atoms with van der Waals surface area (Å²) in [5.74, 6) is -0.602. The van der Waals surface area contributed by atoms with Gasteiger partial charge in [0.1, 0.15) is 6.61 Å². The van der Waals surface area contributed by atoms with Crippen LogP contribution in [0.2, 0.25) is 0 Å². The molecule has 0 aromatic heterocycles. The number of ether oxygens (including phenoxy) is 2. The number of benzene rings is 1. The molecular weight excluding hydrogens is 340 g/mol. The van der Waals surface area contributed by atoms with Crippen molar-refractivity contribution in [2.45, 2.75) is 72.8 Å². The van der Waals surface area contributed by atoms with Crippen LogP contribution >= 0.6 is 0 Å². The summed E-state index contributed by atoms with van der Waals surface area (Å²) in [4.78, 5) is 24.7. The van der Waals surface area contributed by atoms with Crippen LogP contribution in [0.4, 0.5) is 0 Å². The highest BCUT2D eigenvalue weighted by Gasteiger charge is 2.25. The molecule has 4 nitrogen and oxygen atoms in total. The molecule has 0 aliphatic carbocycles. The lowest BCUT2D eigenvalue weighted by molar-refractivity contribution is -0.154. The second-order valence-corrected chi connectivity index (χ2v) is 7.38. The van der Waals surface area contributed by atoms with Crippen molar-refractivity contribution < 1.29 is 19.1 Å². The first-order valence-electron chi connectivity index (χ1n) is 10.4. The van der Waals surface area contributed by atoms with Crippen molar-refractivity contribution in [1.82, 2.24) is 0 Å². The second kappa shape index (κ2) is 13.3. The quantitative estimate of drug-likeness (QED) is 0.424. The Kier molecular flexibility index (Phi) is 11.5. The van der Waals surface area contributed by atoms with E-state index in [0.717, 1.165) is 31.2 Å². The van der Waals surface area contributed by atoms with Crippen LogP contribution in [-0.4, -0.2) is 18.5 Å². The first kappa shape index (κ1) is 23.2. The van der Waals surface area contributed by atoms with E-state index in [4.69, 9.17) is 9.47 Å². The van der Waals surface area contributed by atoms with Crippen LogP contribution in [0, 0.1) is 17.8 Å². The summed E-state index contributed by atoms with van der Waals surface area (Å²) in [7, 11) is 0. The largest absolute Gasteiger partial charge is 0.465 e. The van der Waals surface area contributed by atoms with Gasteiger partial charge in [0, 0.05) is 0 Å². The third-order valence-electron chi connectivity index (χ3n) is 5.10. The highest BCUT2D eigenvalue weighted by molar-refractivity contribution is 5.75. The van der Waals surface area contributed by atoms with Gasteiger partial charge in [-0.25, -0.2) is 0 Å². The molecule has 1 rings (SSSR count). The molecule has 3 unspecified atom stereocenters. The Hall–Kier alpha value is -1.84. The third kappa shape index (κ3) is 9.07. The van der Waals surface area contributed by atoms with Crippen molar-refractivity contribution in [3.63, 3.8) is 0 Å². The highest BCUT2D eigenvalue weighted by atomic mass is 16.5. The smallest absolute Gasteiger partial charge is 0.309 e. The minimum absolute atomic E-state index is 0.209. The summed E-state index contributed by atoms with van der Waals surface area (Å²) < 4.78 is 10.9. The zero-order valence-corrected chi connectivity index (χ0v) is 17.4. The molecule has 3 atom stereocenters. The molecule has 0 aliphatic rings. The minimum atomic E-state index is -0.303. The van der Waals surface area contributed by atoms with Crippen molar-refractivity contribution in [2.75, 3.05) is 6.61 Å². The Balaban J connectivity index is 2.42. The van der Waals surface area contributed by atoms with E-state index < -0.39 is 0 Å². The standard InChI is InChI=1S/C23H36O4/c1-5-8-12-19(6-2)16-26-22(24)18(4)15-21(7-3)23(25)27-17-20-13-10-9-11-14-20/h9-11,13-14,18-19,21H,5-8,12,15-17H2,1-4H3. The van der Waals surface area contributed by atoms with Crippen LogP contribution in [0.25, 0.3) is 0 Å². The number of hydrogen-bond acceptors (Lipinski definition) is 4. The van der Waals surface area contributed by atoms with Gasteiger partial charge in [-0.1, -0.05) is 77.3 Å². The van der Waals surface area contributed by atoms with E-state index in [-0.39, 0.29) is 30.4 Å². The zero-order valence-electron chi connectivity index (χ0n) is 17.4. The van der Waals surface area contributed by atoms with E-state index in [9.17, 15) is 9.59 Å². The maximum atomic E-state index is 12.4. The van der Waals surface area contributed by atoms with E-state index >= 15 is 0 Å². The first-order chi connectivity index (χ1) is 13.0. The molecule has 0 bridgehead atoms. The number of carbonyl (C=O) groups excluding carboxylic acids is 2. The summed E-state index contributed by atoms with van der Waals surface area (Å²) in [5.41, 5.74) is 0.964. The molecular formula is C23H36O4. The molecule has 0 heterocycles. The SMILES string of the molecule is CCCCC(CC)COC(=O)C(C)CC(CC)C(=O)OCc1ccccc1. The third-order valence-corrected chi connectivity index (χ3v) is 5.10. The van der Waals surface area contributed by atoms with Gasteiger partial charge in [-0.3, -0.25) is 9.59 Å². The van der Waals surface area contributed by atoms with Crippen LogP contribution in [0.15, 0.2) is 30.3 Å². The topological polar surface area (TPSA) is 52.6 Å². The zero-order chi connectivity index (χ0) is 20.1. The molecule has 1 aromatic carbocycles. The summed E-state index contributed by atoms with van der Waals surface area (Å²) >= 11 is 0. The summed E-state index contributed by atoms with van der Waals surface area (Å²) in [6.07, 6.45) is 5.55. The predicted octanol–water partition coefficient (Wildman–Crippen LogP) is 5.54. The average molecular weight is 377 g/mol. The Labute approximate surface area is 164 Å². The summed E-state index contributed by atoms with van der Waals surface area (Å²) in [5, 5.41) is 0. The van der Waals surface area contributed by atoms with Crippen molar-refractivity contribution >= 4 is 11.9 Å². The fourth-order valence-corrected chi connectivity index (χ4v) is 3.04. The van der Waals surface area contributed by atoms with Gasteiger partial charge in [0.2, 0.25) is 0 Å². The molecule has 0 amide bonds. The van der Waals surface area contributed by atoms with E-state index in [0.29, 0.717) is 25.4 Å². The maximum Gasteiger partial charge on any atom is 0.309 e. The normalized spacial score (nSPS) is 14.2. The average Bonchev–Trinajstić information content (AvgIpc) is 2.70. The second-order valence-electron chi connectivity index (χ2n) is 7.38. The van der Waals surface area contributed by atoms with Gasteiger partial charge in [0.25, 0.3) is 0 Å². The van der Waals surface area contributed by atoms with E-state index in [1.165, 1.54) is 0 Å². The molecule has 0 saturated carbocycles. The highest BCUT2D eigenvalue weighted by Crippen LogP contribution is 2.20. The molecule has 152 valence electrons. The fourth-order valence-electron chi connectivity index (χ4n) is 3.04. The Morgan fingerprint density at radius 3 is 2.26 bits per heavy atom. The van der Waals surface area contributed by atoms with Crippen LogP contribution in [0.5, 0.6) is 0 Å². The van der Waals surface area contributed by atoms with Gasteiger partial charge in [-0.05, 0) is 30.7 Å².